The number of hydrogen-bond donors (Lipinski definition) is 1. The van der Waals surface area contributed by atoms with E-state index in [4.69, 9.17) is 23.4 Å². The van der Waals surface area contributed by atoms with Gasteiger partial charge in [0.25, 0.3) is 0 Å². The lowest BCUT2D eigenvalue weighted by molar-refractivity contribution is -0.116. The molecule has 0 saturated carbocycles. The molecule has 0 aliphatic heterocycles. The highest BCUT2D eigenvalue weighted by molar-refractivity contribution is 6.02. The van der Waals surface area contributed by atoms with Gasteiger partial charge in [-0.2, -0.15) is 0 Å². The van der Waals surface area contributed by atoms with Crippen LogP contribution in [0.2, 0.25) is 0 Å². The van der Waals surface area contributed by atoms with Crippen molar-refractivity contribution in [3.05, 3.63) is 47.7 Å². The quantitative estimate of drug-likeness (QED) is 0.277. The number of furan rings is 1. The van der Waals surface area contributed by atoms with Crippen molar-refractivity contribution in [2.75, 3.05) is 34.5 Å². The molecule has 0 aliphatic rings. The number of hydrogen-bond acceptors (Lipinski definition) is 6. The molecular formula is C28H35NO6. The zero-order valence-corrected chi connectivity index (χ0v) is 21.6. The van der Waals surface area contributed by atoms with Crippen LogP contribution < -0.4 is 19.5 Å². The van der Waals surface area contributed by atoms with Crippen molar-refractivity contribution < 1.29 is 28.2 Å². The van der Waals surface area contributed by atoms with Crippen LogP contribution in [0.1, 0.15) is 38.3 Å². The predicted molar refractivity (Wildman–Crippen MR) is 138 cm³/mol. The van der Waals surface area contributed by atoms with Crippen LogP contribution in [0.4, 0.5) is 0 Å². The first-order chi connectivity index (χ1) is 16.8. The Hall–Kier alpha value is -3.45. The third-order valence-corrected chi connectivity index (χ3v) is 5.79. The summed E-state index contributed by atoms with van der Waals surface area (Å²) in [5.74, 6) is 1.93. The van der Waals surface area contributed by atoms with Gasteiger partial charge in [-0.05, 0) is 64.0 Å². The standard InChI is InChI=1S/C28H35NO6/c1-17(2)34-12-8-11-29-26(30)13-18(3)21-15-23-24(16-35-28(23)19(4)27(21)33-7)22-14-20(31-5)9-10-25(22)32-6/h9-10,13-17H,8,11-12H2,1-7H3,(H,29,30)/b18-13+. The highest BCUT2D eigenvalue weighted by Gasteiger charge is 2.20. The lowest BCUT2D eigenvalue weighted by Gasteiger charge is -2.14. The Morgan fingerprint density at radius 2 is 1.86 bits per heavy atom. The van der Waals surface area contributed by atoms with E-state index in [1.165, 1.54) is 0 Å². The first-order valence-electron chi connectivity index (χ1n) is 11.7. The van der Waals surface area contributed by atoms with Crippen molar-refractivity contribution in [1.82, 2.24) is 5.32 Å². The maximum Gasteiger partial charge on any atom is 0.244 e. The van der Waals surface area contributed by atoms with E-state index in [0.29, 0.717) is 36.0 Å². The minimum Gasteiger partial charge on any atom is -0.497 e. The number of amides is 1. The molecule has 7 nitrogen and oxygen atoms in total. The predicted octanol–water partition coefficient (Wildman–Crippen LogP) is 5.77. The first kappa shape index (κ1) is 26.2. The van der Waals surface area contributed by atoms with Crippen molar-refractivity contribution in [3.8, 4) is 28.4 Å². The van der Waals surface area contributed by atoms with E-state index in [1.54, 1.807) is 33.7 Å². The fourth-order valence-electron chi connectivity index (χ4n) is 4.03. The summed E-state index contributed by atoms with van der Waals surface area (Å²) in [6, 6.07) is 7.63. The number of nitrogens with one attached hydrogen (secondary N) is 1. The Morgan fingerprint density at radius 1 is 1.09 bits per heavy atom. The van der Waals surface area contributed by atoms with Gasteiger partial charge >= 0.3 is 0 Å². The Bertz CT molecular complexity index is 1210. The van der Waals surface area contributed by atoms with Gasteiger partial charge in [-0.1, -0.05) is 0 Å². The number of allylic oxidation sites excluding steroid dienone is 1. The number of ether oxygens (including phenoxy) is 4. The summed E-state index contributed by atoms with van der Waals surface area (Å²) in [6.07, 6.45) is 4.25. The third kappa shape index (κ3) is 5.98. The first-order valence-corrected chi connectivity index (χ1v) is 11.7. The number of carbonyl (C=O) groups excluding carboxylic acids is 1. The largest absolute Gasteiger partial charge is 0.497 e. The lowest BCUT2D eigenvalue weighted by Crippen LogP contribution is -2.23. The van der Waals surface area contributed by atoms with Crippen LogP contribution in [0.15, 0.2) is 41.0 Å². The highest BCUT2D eigenvalue weighted by atomic mass is 16.5. The number of fused-ring (bicyclic) bond motifs is 1. The molecular weight excluding hydrogens is 446 g/mol. The maximum absolute atomic E-state index is 12.5. The molecule has 0 fully saturated rings. The Kier molecular flexibility index (Phi) is 8.82. The summed E-state index contributed by atoms with van der Waals surface area (Å²) in [7, 11) is 4.88. The Labute approximate surface area is 207 Å². The van der Waals surface area contributed by atoms with Crippen molar-refractivity contribution in [2.45, 2.75) is 40.2 Å². The van der Waals surface area contributed by atoms with Crippen LogP contribution in [0, 0.1) is 6.92 Å². The van der Waals surface area contributed by atoms with Crippen molar-refractivity contribution in [1.29, 1.82) is 0 Å². The fourth-order valence-corrected chi connectivity index (χ4v) is 4.03. The topological polar surface area (TPSA) is 79.2 Å². The second kappa shape index (κ2) is 11.8. The van der Waals surface area contributed by atoms with Crippen LogP contribution in [0.3, 0.4) is 0 Å². The van der Waals surface area contributed by atoms with E-state index in [2.05, 4.69) is 5.32 Å². The molecule has 1 amide bonds. The van der Waals surface area contributed by atoms with Gasteiger partial charge in [-0.15, -0.1) is 0 Å². The molecule has 188 valence electrons. The van der Waals surface area contributed by atoms with Crippen LogP contribution in [0.25, 0.3) is 27.7 Å². The van der Waals surface area contributed by atoms with E-state index in [1.807, 2.05) is 52.0 Å². The minimum absolute atomic E-state index is 0.159. The molecule has 0 unspecified atom stereocenters. The molecule has 35 heavy (non-hydrogen) atoms. The number of methoxy groups -OCH3 is 3. The molecule has 7 heteroatoms. The highest BCUT2D eigenvalue weighted by Crippen LogP contribution is 2.43. The molecule has 1 heterocycles. The van der Waals surface area contributed by atoms with Gasteiger partial charge in [-0.25, -0.2) is 0 Å². The van der Waals surface area contributed by atoms with Crippen LogP contribution in [-0.4, -0.2) is 46.5 Å². The molecule has 0 aliphatic carbocycles. The number of benzene rings is 2. The number of rotatable bonds is 11. The van der Waals surface area contributed by atoms with Gasteiger partial charge in [0.15, 0.2) is 0 Å². The van der Waals surface area contributed by atoms with Crippen LogP contribution >= 0.6 is 0 Å². The minimum atomic E-state index is -0.159. The van der Waals surface area contributed by atoms with Crippen LogP contribution in [-0.2, 0) is 9.53 Å². The second-order valence-electron chi connectivity index (χ2n) is 8.57. The van der Waals surface area contributed by atoms with E-state index in [-0.39, 0.29) is 12.0 Å². The smallest absolute Gasteiger partial charge is 0.244 e. The summed E-state index contributed by atoms with van der Waals surface area (Å²) >= 11 is 0. The fraction of sp³-hybridized carbons (Fsp3) is 0.393. The average molecular weight is 482 g/mol. The van der Waals surface area contributed by atoms with Gasteiger partial charge in [0, 0.05) is 46.9 Å². The van der Waals surface area contributed by atoms with Gasteiger partial charge in [0.05, 0.1) is 33.7 Å². The SMILES string of the molecule is COc1ccc(OC)c(-c2coc3c(C)c(OC)c(/C(C)=C/C(=O)NCCCOC(C)C)cc23)c1. The maximum atomic E-state index is 12.5. The van der Waals surface area contributed by atoms with Gasteiger partial charge < -0.3 is 28.7 Å². The Balaban J connectivity index is 1.98. The summed E-state index contributed by atoms with van der Waals surface area (Å²) < 4.78 is 28.2. The lowest BCUT2D eigenvalue weighted by atomic mass is 9.96. The summed E-state index contributed by atoms with van der Waals surface area (Å²) in [5, 5.41) is 3.81. The number of aryl methyl sites for hydroxylation is 1. The molecule has 0 saturated heterocycles. The summed E-state index contributed by atoms with van der Waals surface area (Å²) in [6.45, 7) is 8.99. The normalized spacial score (nSPS) is 11.7. The second-order valence-corrected chi connectivity index (χ2v) is 8.57. The molecule has 0 radical (unpaired) electrons. The van der Waals surface area contributed by atoms with E-state index < -0.39 is 0 Å². The molecule has 0 spiro atoms. The zero-order chi connectivity index (χ0) is 25.5. The van der Waals surface area contributed by atoms with Gasteiger partial charge in [0.1, 0.15) is 22.8 Å². The summed E-state index contributed by atoms with van der Waals surface area (Å²) in [5.41, 5.74) is 4.89. The third-order valence-electron chi connectivity index (χ3n) is 5.79. The van der Waals surface area contributed by atoms with E-state index in [0.717, 1.165) is 39.6 Å². The Morgan fingerprint density at radius 3 is 2.51 bits per heavy atom. The summed E-state index contributed by atoms with van der Waals surface area (Å²) in [4.78, 5) is 12.5. The van der Waals surface area contributed by atoms with Crippen molar-refractivity contribution >= 4 is 22.4 Å². The average Bonchev–Trinajstić information content (AvgIpc) is 3.27. The molecule has 1 aromatic heterocycles. The van der Waals surface area contributed by atoms with Crippen LogP contribution in [0.5, 0.6) is 17.2 Å². The molecule has 3 rings (SSSR count). The van der Waals surface area contributed by atoms with Crippen molar-refractivity contribution in [3.63, 3.8) is 0 Å². The molecule has 2 aromatic carbocycles. The molecule has 1 N–H and O–H groups in total. The monoisotopic (exact) mass is 481 g/mol. The van der Waals surface area contributed by atoms with E-state index in [9.17, 15) is 4.79 Å². The molecule has 3 aromatic rings. The molecule has 0 bridgehead atoms. The van der Waals surface area contributed by atoms with Gasteiger partial charge in [0.2, 0.25) is 5.91 Å². The number of carbonyl (C=O) groups is 1. The van der Waals surface area contributed by atoms with E-state index >= 15 is 0 Å². The molecule has 0 atom stereocenters. The van der Waals surface area contributed by atoms with Crippen molar-refractivity contribution in [2.24, 2.45) is 0 Å². The zero-order valence-electron chi connectivity index (χ0n) is 21.6. The van der Waals surface area contributed by atoms with Gasteiger partial charge in [-0.3, -0.25) is 4.79 Å².